The third-order valence-electron chi connectivity index (χ3n) is 8.67. The number of piperidine rings is 1. The molecule has 0 unspecified atom stereocenters. The Bertz CT molecular complexity index is 1840. The molecule has 0 saturated carbocycles. The van der Waals surface area contributed by atoms with E-state index in [1.807, 2.05) is 33.9 Å². The summed E-state index contributed by atoms with van der Waals surface area (Å²) >= 11 is 0. The minimum Gasteiger partial charge on any atom is -0.389 e. The highest BCUT2D eigenvalue weighted by Crippen LogP contribution is 2.38. The summed E-state index contributed by atoms with van der Waals surface area (Å²) in [5, 5.41) is 10.9. The molecule has 2 saturated heterocycles. The molecule has 2 N–H and O–H groups in total. The molecule has 5 aromatic rings. The number of nitrogens with zero attached hydrogens (tertiary/aromatic N) is 7. The van der Waals surface area contributed by atoms with Crippen molar-refractivity contribution in [2.75, 3.05) is 31.1 Å². The van der Waals surface area contributed by atoms with Gasteiger partial charge in [0.2, 0.25) is 5.91 Å². The van der Waals surface area contributed by atoms with Crippen LogP contribution >= 0.6 is 0 Å². The average molecular weight is 553 g/mol. The molecule has 11 heteroatoms. The van der Waals surface area contributed by atoms with Crippen LogP contribution in [0.25, 0.3) is 33.3 Å². The van der Waals surface area contributed by atoms with Gasteiger partial charge in [-0.1, -0.05) is 18.2 Å². The Kier molecular flexibility index (Phi) is 6.11. The maximum Gasteiger partial charge on any atom is 0.327 e. The summed E-state index contributed by atoms with van der Waals surface area (Å²) in [5.74, 6) is 0.794. The highest BCUT2D eigenvalue weighted by Gasteiger charge is 2.31. The Morgan fingerprint density at radius 1 is 1.05 bits per heavy atom. The van der Waals surface area contributed by atoms with E-state index in [1.165, 1.54) is 17.5 Å². The summed E-state index contributed by atoms with van der Waals surface area (Å²) in [6.45, 7) is 6.53. The Morgan fingerprint density at radius 3 is 2.63 bits per heavy atom. The van der Waals surface area contributed by atoms with Crippen molar-refractivity contribution >= 4 is 33.9 Å². The summed E-state index contributed by atoms with van der Waals surface area (Å²) in [4.78, 5) is 46.5. The van der Waals surface area contributed by atoms with Crippen molar-refractivity contribution in [1.82, 2.24) is 34.0 Å². The zero-order valence-corrected chi connectivity index (χ0v) is 23.1. The average Bonchev–Trinajstić information content (AvgIpc) is 3.49. The van der Waals surface area contributed by atoms with Gasteiger partial charge in [0.15, 0.2) is 5.65 Å². The van der Waals surface area contributed by atoms with Crippen LogP contribution in [0, 0.1) is 13.8 Å². The van der Waals surface area contributed by atoms with Crippen LogP contribution in [0.3, 0.4) is 0 Å². The van der Waals surface area contributed by atoms with Gasteiger partial charge in [-0.15, -0.1) is 0 Å². The van der Waals surface area contributed by atoms with Crippen LogP contribution in [0.5, 0.6) is 0 Å². The molecule has 0 spiro atoms. The number of aryl methyl sites for hydroxylation is 1. The molecule has 0 aliphatic carbocycles. The standard InChI is InChI=1S/C30H32N8O3/c1-18-5-3-6-22(19(18)2)23-15-37(29-26(23)28(32-17-33-29)36-13-21(39)14-36)16-25(40)35-11-8-20(9-12-35)38-24-7-4-10-31-27(24)34-30(38)41/h3-7,10,15,17,20-21,39H,8-9,11-14,16H2,1-2H3,(H,31,34,41). The second-order valence-corrected chi connectivity index (χ2v) is 11.2. The van der Waals surface area contributed by atoms with Gasteiger partial charge in [-0.3, -0.25) is 14.3 Å². The number of β-amino-alcohol motifs (C(OH)–C–C–N with tert-alkyl or cyclic N) is 1. The number of fused-ring (bicyclic) bond motifs is 2. The molecule has 210 valence electrons. The van der Waals surface area contributed by atoms with Crippen molar-refractivity contribution in [3.63, 3.8) is 0 Å². The molecule has 7 rings (SSSR count). The number of amides is 1. The van der Waals surface area contributed by atoms with Gasteiger partial charge in [-0.25, -0.2) is 19.7 Å². The van der Waals surface area contributed by atoms with E-state index in [1.54, 1.807) is 10.8 Å². The smallest absolute Gasteiger partial charge is 0.327 e. The van der Waals surface area contributed by atoms with Crippen molar-refractivity contribution in [3.8, 4) is 11.1 Å². The summed E-state index contributed by atoms with van der Waals surface area (Å²) in [6.07, 6.45) is 6.24. The van der Waals surface area contributed by atoms with Gasteiger partial charge >= 0.3 is 5.69 Å². The molecule has 41 heavy (non-hydrogen) atoms. The Labute approximate surface area is 236 Å². The first kappa shape index (κ1) is 25.5. The SMILES string of the molecule is Cc1cccc(-c2cn(CC(=O)N3CCC(n4c(=O)[nH]c5ncccc54)CC3)c3ncnc(N4CC(O)C4)c23)c1C. The van der Waals surface area contributed by atoms with E-state index >= 15 is 0 Å². The fraction of sp³-hybridized carbons (Fsp3) is 0.367. The lowest BCUT2D eigenvalue weighted by Gasteiger charge is -2.37. The molecular weight excluding hydrogens is 520 g/mol. The number of benzene rings is 1. The van der Waals surface area contributed by atoms with Crippen LogP contribution in [0.2, 0.25) is 0 Å². The number of hydrogen-bond donors (Lipinski definition) is 2. The van der Waals surface area contributed by atoms with Gasteiger partial charge in [0.05, 0.1) is 17.0 Å². The number of H-pyrrole nitrogens is 1. The summed E-state index contributed by atoms with van der Waals surface area (Å²) < 4.78 is 3.71. The molecule has 1 aromatic carbocycles. The van der Waals surface area contributed by atoms with Gasteiger partial charge in [-0.2, -0.15) is 0 Å². The van der Waals surface area contributed by atoms with Crippen molar-refractivity contribution in [1.29, 1.82) is 0 Å². The van der Waals surface area contributed by atoms with Gasteiger partial charge in [0, 0.05) is 50.2 Å². The third kappa shape index (κ3) is 4.28. The van der Waals surface area contributed by atoms with E-state index in [9.17, 15) is 14.7 Å². The van der Waals surface area contributed by atoms with Gasteiger partial charge in [-0.05, 0) is 55.5 Å². The van der Waals surface area contributed by atoms with Crippen molar-refractivity contribution < 1.29 is 9.90 Å². The molecule has 0 radical (unpaired) electrons. The summed E-state index contributed by atoms with van der Waals surface area (Å²) in [7, 11) is 0. The minimum absolute atomic E-state index is 0.00924. The number of carbonyl (C=O) groups excluding carboxylic acids is 1. The molecule has 6 heterocycles. The number of imidazole rings is 1. The fourth-order valence-electron chi connectivity index (χ4n) is 6.28. The van der Waals surface area contributed by atoms with E-state index in [-0.39, 0.29) is 30.3 Å². The van der Waals surface area contributed by atoms with E-state index in [0.717, 1.165) is 27.8 Å². The Hall–Kier alpha value is -4.51. The number of hydrogen-bond acceptors (Lipinski definition) is 7. The van der Waals surface area contributed by atoms with Crippen molar-refractivity contribution in [2.24, 2.45) is 0 Å². The quantitative estimate of drug-likeness (QED) is 0.344. The Balaban J connectivity index is 1.17. The Morgan fingerprint density at radius 2 is 1.85 bits per heavy atom. The van der Waals surface area contributed by atoms with Crippen LogP contribution in [-0.4, -0.2) is 77.3 Å². The van der Waals surface area contributed by atoms with Crippen LogP contribution in [0.15, 0.2) is 53.8 Å². The highest BCUT2D eigenvalue weighted by molar-refractivity contribution is 6.03. The number of pyridine rings is 1. The maximum atomic E-state index is 13.6. The number of aromatic nitrogens is 6. The molecule has 1 amide bonds. The lowest BCUT2D eigenvalue weighted by Crippen LogP contribution is -2.51. The molecule has 2 aliphatic rings. The third-order valence-corrected chi connectivity index (χ3v) is 8.67. The lowest BCUT2D eigenvalue weighted by atomic mass is 9.97. The molecule has 11 nitrogen and oxygen atoms in total. The van der Waals surface area contributed by atoms with E-state index in [0.29, 0.717) is 50.3 Å². The molecule has 2 fully saturated rings. The summed E-state index contributed by atoms with van der Waals surface area (Å²) in [6, 6.07) is 9.97. The lowest BCUT2D eigenvalue weighted by molar-refractivity contribution is -0.133. The number of nitrogens with one attached hydrogen (secondary N) is 1. The van der Waals surface area contributed by atoms with Crippen LogP contribution in [0.1, 0.15) is 30.0 Å². The number of rotatable bonds is 5. The monoisotopic (exact) mass is 552 g/mol. The first-order valence-corrected chi connectivity index (χ1v) is 14.1. The van der Waals surface area contributed by atoms with E-state index in [4.69, 9.17) is 0 Å². The zero-order chi connectivity index (χ0) is 28.2. The molecular formula is C30H32N8O3. The van der Waals surface area contributed by atoms with Crippen LogP contribution < -0.4 is 10.6 Å². The first-order valence-electron chi connectivity index (χ1n) is 14.1. The predicted octanol–water partition coefficient (Wildman–Crippen LogP) is 2.80. The van der Waals surface area contributed by atoms with Crippen LogP contribution in [-0.2, 0) is 11.3 Å². The number of anilines is 1. The van der Waals surface area contributed by atoms with Gasteiger partial charge in [0.1, 0.15) is 24.3 Å². The van der Waals surface area contributed by atoms with Gasteiger partial charge < -0.3 is 19.5 Å². The number of likely N-dealkylation sites (tertiary alicyclic amines) is 1. The highest BCUT2D eigenvalue weighted by atomic mass is 16.3. The zero-order valence-electron chi connectivity index (χ0n) is 23.1. The van der Waals surface area contributed by atoms with Crippen molar-refractivity contribution in [2.45, 2.75) is 45.4 Å². The predicted molar refractivity (Wildman–Crippen MR) is 156 cm³/mol. The number of aromatic amines is 1. The maximum absolute atomic E-state index is 13.6. The van der Waals surface area contributed by atoms with E-state index < -0.39 is 0 Å². The minimum atomic E-state index is -0.368. The fourth-order valence-corrected chi connectivity index (χ4v) is 6.28. The second-order valence-electron chi connectivity index (χ2n) is 11.2. The van der Waals surface area contributed by atoms with Crippen LogP contribution in [0.4, 0.5) is 5.82 Å². The van der Waals surface area contributed by atoms with Crippen molar-refractivity contribution in [3.05, 3.63) is 70.7 Å². The first-order chi connectivity index (χ1) is 19.9. The molecule has 0 atom stereocenters. The molecule has 4 aromatic heterocycles. The molecule has 2 aliphatic heterocycles. The number of carbonyl (C=O) groups is 1. The van der Waals surface area contributed by atoms with Gasteiger partial charge in [0.25, 0.3) is 0 Å². The molecule has 0 bridgehead atoms. The number of aliphatic hydroxyl groups is 1. The second kappa shape index (κ2) is 9.84. The topological polar surface area (TPSA) is 125 Å². The number of aliphatic hydroxyl groups excluding tert-OH is 1. The normalized spacial score (nSPS) is 16.6. The van der Waals surface area contributed by atoms with E-state index in [2.05, 4.69) is 50.8 Å². The summed E-state index contributed by atoms with van der Waals surface area (Å²) in [5.41, 5.74) is 6.34. The largest absolute Gasteiger partial charge is 0.389 e.